The van der Waals surface area contributed by atoms with Gasteiger partial charge in [-0.3, -0.25) is 4.79 Å². The van der Waals surface area contributed by atoms with E-state index in [-0.39, 0.29) is 22.6 Å². The number of sulfonamides is 1. The monoisotopic (exact) mass is 434 g/mol. The van der Waals surface area contributed by atoms with Crippen LogP contribution in [-0.4, -0.2) is 33.0 Å². The SMILES string of the molecule is CC(OC(=O)COc1ccc(C(C)(C)C)cc1)C(=O)Nc1cccc(S(N)(=O)=O)c1. The fourth-order valence-corrected chi connectivity index (χ4v) is 3.03. The summed E-state index contributed by atoms with van der Waals surface area (Å²) < 4.78 is 33.2. The van der Waals surface area contributed by atoms with E-state index >= 15 is 0 Å². The molecule has 0 fully saturated rings. The van der Waals surface area contributed by atoms with Gasteiger partial charge in [-0.15, -0.1) is 0 Å². The largest absolute Gasteiger partial charge is 0.482 e. The Kier molecular flexibility index (Phi) is 7.22. The van der Waals surface area contributed by atoms with Gasteiger partial charge >= 0.3 is 5.97 Å². The van der Waals surface area contributed by atoms with Crippen molar-refractivity contribution in [3.05, 3.63) is 54.1 Å². The molecule has 0 aliphatic heterocycles. The van der Waals surface area contributed by atoms with Crippen molar-refractivity contribution in [3.63, 3.8) is 0 Å². The Bertz CT molecular complexity index is 1010. The van der Waals surface area contributed by atoms with Crippen molar-refractivity contribution in [3.8, 4) is 5.75 Å². The zero-order valence-corrected chi connectivity index (χ0v) is 18.2. The van der Waals surface area contributed by atoms with Crippen LogP contribution in [0.4, 0.5) is 5.69 Å². The predicted octanol–water partition coefficient (Wildman–Crippen LogP) is 2.58. The molecule has 30 heavy (non-hydrogen) atoms. The van der Waals surface area contributed by atoms with Crippen LogP contribution in [0, 0.1) is 0 Å². The number of ether oxygens (including phenoxy) is 2. The van der Waals surface area contributed by atoms with E-state index in [1.54, 1.807) is 12.1 Å². The second kappa shape index (κ2) is 9.27. The lowest BCUT2D eigenvalue weighted by Gasteiger charge is -2.19. The summed E-state index contributed by atoms with van der Waals surface area (Å²) in [7, 11) is -3.90. The maximum Gasteiger partial charge on any atom is 0.344 e. The lowest BCUT2D eigenvalue weighted by Crippen LogP contribution is -2.31. The number of nitrogens with one attached hydrogen (secondary N) is 1. The van der Waals surface area contributed by atoms with Gasteiger partial charge in [-0.2, -0.15) is 0 Å². The molecule has 2 rings (SSSR count). The van der Waals surface area contributed by atoms with Crippen molar-refractivity contribution < 1.29 is 27.5 Å². The fourth-order valence-electron chi connectivity index (χ4n) is 2.47. The highest BCUT2D eigenvalue weighted by molar-refractivity contribution is 7.89. The summed E-state index contributed by atoms with van der Waals surface area (Å²) in [6.45, 7) is 7.33. The predicted molar refractivity (Wildman–Crippen MR) is 113 cm³/mol. The molecule has 0 aromatic heterocycles. The molecule has 0 spiro atoms. The highest BCUT2D eigenvalue weighted by Gasteiger charge is 2.19. The lowest BCUT2D eigenvalue weighted by atomic mass is 9.87. The maximum atomic E-state index is 12.2. The molecule has 0 aliphatic carbocycles. The zero-order chi connectivity index (χ0) is 22.5. The van der Waals surface area contributed by atoms with Crippen molar-refractivity contribution >= 4 is 27.6 Å². The zero-order valence-electron chi connectivity index (χ0n) is 17.3. The summed E-state index contributed by atoms with van der Waals surface area (Å²) in [4.78, 5) is 24.0. The minimum absolute atomic E-state index is 0.00805. The smallest absolute Gasteiger partial charge is 0.344 e. The van der Waals surface area contributed by atoms with Crippen LogP contribution in [0.5, 0.6) is 5.75 Å². The van der Waals surface area contributed by atoms with Crippen LogP contribution in [0.3, 0.4) is 0 Å². The van der Waals surface area contributed by atoms with Crippen molar-refractivity contribution in [1.29, 1.82) is 0 Å². The van der Waals surface area contributed by atoms with E-state index in [2.05, 4.69) is 26.1 Å². The van der Waals surface area contributed by atoms with Gasteiger partial charge in [0.05, 0.1) is 4.90 Å². The number of carbonyl (C=O) groups excluding carboxylic acids is 2. The van der Waals surface area contributed by atoms with Gasteiger partial charge in [0.15, 0.2) is 12.7 Å². The number of amides is 1. The quantitative estimate of drug-likeness (QED) is 0.645. The first-order valence-corrected chi connectivity index (χ1v) is 10.8. The van der Waals surface area contributed by atoms with Gasteiger partial charge < -0.3 is 14.8 Å². The minimum atomic E-state index is -3.90. The number of hydrogen-bond donors (Lipinski definition) is 2. The van der Waals surface area contributed by atoms with Crippen molar-refractivity contribution in [2.45, 2.75) is 44.1 Å². The van der Waals surface area contributed by atoms with E-state index in [0.29, 0.717) is 5.75 Å². The third-order valence-electron chi connectivity index (χ3n) is 4.18. The molecule has 0 heterocycles. The standard InChI is InChI=1S/C21H26N2O6S/c1-14(20(25)23-16-6-5-7-18(12-16)30(22,26)27)29-19(24)13-28-17-10-8-15(9-11-17)21(2,3)4/h5-12,14H,13H2,1-4H3,(H,23,25)(H2,22,26,27). The Labute approximate surface area is 176 Å². The maximum absolute atomic E-state index is 12.2. The third kappa shape index (κ3) is 6.85. The molecule has 0 aliphatic rings. The molecule has 1 atom stereocenters. The molecule has 0 bridgehead atoms. The van der Waals surface area contributed by atoms with Crippen LogP contribution in [0.15, 0.2) is 53.4 Å². The topological polar surface area (TPSA) is 125 Å². The lowest BCUT2D eigenvalue weighted by molar-refractivity contribution is -0.155. The van der Waals surface area contributed by atoms with Crippen LogP contribution in [-0.2, 0) is 29.8 Å². The summed E-state index contributed by atoms with van der Waals surface area (Å²) in [6, 6.07) is 12.8. The van der Waals surface area contributed by atoms with Crippen LogP contribution >= 0.6 is 0 Å². The van der Waals surface area contributed by atoms with Crippen molar-refractivity contribution in [2.75, 3.05) is 11.9 Å². The molecule has 162 valence electrons. The van der Waals surface area contributed by atoms with Crippen molar-refractivity contribution in [1.82, 2.24) is 0 Å². The number of hydrogen-bond acceptors (Lipinski definition) is 6. The van der Waals surface area contributed by atoms with Crippen LogP contribution in [0.1, 0.15) is 33.3 Å². The number of esters is 1. The van der Waals surface area contributed by atoms with Gasteiger partial charge in [0, 0.05) is 5.69 Å². The van der Waals surface area contributed by atoms with E-state index in [9.17, 15) is 18.0 Å². The number of anilines is 1. The Morgan fingerprint density at radius 3 is 2.30 bits per heavy atom. The van der Waals surface area contributed by atoms with Gasteiger partial charge in [-0.25, -0.2) is 18.4 Å². The Morgan fingerprint density at radius 1 is 1.10 bits per heavy atom. The molecule has 2 aromatic rings. The molecule has 3 N–H and O–H groups in total. The van der Waals surface area contributed by atoms with E-state index in [1.807, 2.05) is 12.1 Å². The Balaban J connectivity index is 1.87. The van der Waals surface area contributed by atoms with E-state index in [4.69, 9.17) is 14.6 Å². The average molecular weight is 435 g/mol. The molecule has 0 radical (unpaired) electrons. The molecule has 0 saturated heterocycles. The number of benzene rings is 2. The molecule has 8 nitrogen and oxygen atoms in total. The van der Waals surface area contributed by atoms with Gasteiger partial charge in [0.25, 0.3) is 5.91 Å². The van der Waals surface area contributed by atoms with E-state index in [0.717, 1.165) is 5.56 Å². The normalized spacial score (nSPS) is 12.7. The second-order valence-corrected chi connectivity index (χ2v) is 9.32. The molecule has 9 heteroatoms. The fraction of sp³-hybridized carbons (Fsp3) is 0.333. The first-order valence-electron chi connectivity index (χ1n) is 9.23. The molecular weight excluding hydrogens is 408 g/mol. The Hall–Kier alpha value is -2.91. The van der Waals surface area contributed by atoms with Gasteiger partial charge in [-0.05, 0) is 48.2 Å². The average Bonchev–Trinajstić information content (AvgIpc) is 2.65. The van der Waals surface area contributed by atoms with Gasteiger partial charge in [0.1, 0.15) is 5.75 Å². The van der Waals surface area contributed by atoms with Gasteiger partial charge in [-0.1, -0.05) is 39.0 Å². The molecule has 0 saturated carbocycles. The highest BCUT2D eigenvalue weighted by Crippen LogP contribution is 2.24. The second-order valence-electron chi connectivity index (χ2n) is 7.76. The van der Waals surface area contributed by atoms with E-state index in [1.165, 1.54) is 31.2 Å². The third-order valence-corrected chi connectivity index (χ3v) is 5.10. The first-order chi connectivity index (χ1) is 13.9. The van der Waals surface area contributed by atoms with Crippen molar-refractivity contribution in [2.24, 2.45) is 5.14 Å². The molecule has 2 aromatic carbocycles. The minimum Gasteiger partial charge on any atom is -0.482 e. The summed E-state index contributed by atoms with van der Waals surface area (Å²) in [5.41, 5.74) is 1.35. The van der Waals surface area contributed by atoms with Gasteiger partial charge in [0.2, 0.25) is 10.0 Å². The molecular formula is C21H26N2O6S. The number of nitrogens with two attached hydrogens (primary N) is 1. The van der Waals surface area contributed by atoms with Crippen LogP contribution in [0.2, 0.25) is 0 Å². The number of rotatable bonds is 7. The summed E-state index contributed by atoms with van der Waals surface area (Å²) >= 11 is 0. The Morgan fingerprint density at radius 2 is 1.73 bits per heavy atom. The summed E-state index contributed by atoms with van der Waals surface area (Å²) in [5, 5.41) is 7.55. The molecule has 1 unspecified atom stereocenters. The van der Waals surface area contributed by atoms with Crippen LogP contribution in [0.25, 0.3) is 0 Å². The number of primary sulfonamides is 1. The molecule has 1 amide bonds. The highest BCUT2D eigenvalue weighted by atomic mass is 32.2. The summed E-state index contributed by atoms with van der Waals surface area (Å²) in [5.74, 6) is -0.822. The summed E-state index contributed by atoms with van der Waals surface area (Å²) in [6.07, 6.45) is -1.11. The number of carbonyl (C=O) groups is 2. The van der Waals surface area contributed by atoms with Crippen LogP contribution < -0.4 is 15.2 Å². The first kappa shape index (κ1) is 23.4. The van der Waals surface area contributed by atoms with E-state index < -0.39 is 28.0 Å².